The Hall–Kier alpha value is -1.98. The number of nitrogens with one attached hydrogen (secondary N) is 1. The Balaban J connectivity index is 1.62. The van der Waals surface area contributed by atoms with E-state index in [1.807, 2.05) is 6.07 Å². The predicted molar refractivity (Wildman–Crippen MR) is 109 cm³/mol. The molecule has 0 bridgehead atoms. The zero-order valence-electron chi connectivity index (χ0n) is 16.7. The molecule has 1 aromatic heterocycles. The fraction of sp³-hybridized carbons (Fsp3) is 0.545. The van der Waals surface area contributed by atoms with Crippen molar-refractivity contribution in [2.45, 2.75) is 51.6 Å². The standard InChI is InChI=1S/C22H30N4O/c1-22(2,3)19-13-20(27)24-21(23-19)18-9-5-4-7-16(18)14-25-11-12-26-10-6-8-17(26)15-25/h4-5,7,9,13,17H,6,8,10-12,14-15H2,1-3H3,(H,23,24,27)/t17-/m0/s1. The number of rotatable bonds is 3. The highest BCUT2D eigenvalue weighted by molar-refractivity contribution is 5.60. The van der Waals surface area contributed by atoms with E-state index in [-0.39, 0.29) is 11.0 Å². The SMILES string of the molecule is CC(C)(C)c1cc(=O)[nH]c(-c2ccccc2CN2CCN3CCC[C@H]3C2)n1. The molecular weight excluding hydrogens is 336 g/mol. The summed E-state index contributed by atoms with van der Waals surface area (Å²) >= 11 is 0. The van der Waals surface area contributed by atoms with Gasteiger partial charge in [0.1, 0.15) is 5.82 Å². The largest absolute Gasteiger partial charge is 0.307 e. The minimum absolute atomic E-state index is 0.0840. The van der Waals surface area contributed by atoms with E-state index in [1.165, 1.54) is 31.5 Å². The summed E-state index contributed by atoms with van der Waals surface area (Å²) in [7, 11) is 0. The monoisotopic (exact) mass is 366 g/mol. The van der Waals surface area contributed by atoms with Crippen molar-refractivity contribution in [2.24, 2.45) is 0 Å². The van der Waals surface area contributed by atoms with Crippen molar-refractivity contribution in [1.82, 2.24) is 19.8 Å². The number of benzene rings is 1. The number of aromatic amines is 1. The van der Waals surface area contributed by atoms with E-state index in [2.05, 4.69) is 53.8 Å². The molecule has 2 aliphatic heterocycles. The maximum atomic E-state index is 12.2. The average molecular weight is 367 g/mol. The van der Waals surface area contributed by atoms with E-state index in [0.29, 0.717) is 11.9 Å². The first-order valence-corrected chi connectivity index (χ1v) is 10.1. The van der Waals surface area contributed by atoms with Crippen LogP contribution in [0.25, 0.3) is 11.4 Å². The van der Waals surface area contributed by atoms with Gasteiger partial charge in [-0.1, -0.05) is 45.0 Å². The molecule has 2 aromatic rings. The molecule has 3 heterocycles. The van der Waals surface area contributed by atoms with Gasteiger partial charge in [-0.05, 0) is 24.9 Å². The fourth-order valence-electron chi connectivity index (χ4n) is 4.30. The summed E-state index contributed by atoms with van der Waals surface area (Å²) in [6.45, 7) is 11.9. The summed E-state index contributed by atoms with van der Waals surface area (Å²) in [6.07, 6.45) is 2.65. The molecular formula is C22H30N4O. The lowest BCUT2D eigenvalue weighted by molar-refractivity contribution is 0.0995. The normalized spacial score (nSPS) is 21.4. The van der Waals surface area contributed by atoms with Crippen LogP contribution in [0.2, 0.25) is 0 Å². The third-order valence-corrected chi connectivity index (χ3v) is 5.85. The van der Waals surface area contributed by atoms with Crippen LogP contribution in [0.15, 0.2) is 35.1 Å². The highest BCUT2D eigenvalue weighted by Crippen LogP contribution is 2.27. The summed E-state index contributed by atoms with van der Waals surface area (Å²) in [6, 6.07) is 10.7. The van der Waals surface area contributed by atoms with E-state index >= 15 is 0 Å². The second kappa shape index (κ2) is 7.21. The van der Waals surface area contributed by atoms with Crippen LogP contribution in [0, 0.1) is 0 Å². The van der Waals surface area contributed by atoms with Crippen LogP contribution in [0.1, 0.15) is 44.9 Å². The molecule has 1 aromatic carbocycles. The van der Waals surface area contributed by atoms with Gasteiger partial charge in [-0.2, -0.15) is 0 Å². The first kappa shape index (κ1) is 18.4. The predicted octanol–water partition coefficient (Wildman–Crippen LogP) is 3.01. The maximum absolute atomic E-state index is 12.2. The smallest absolute Gasteiger partial charge is 0.251 e. The van der Waals surface area contributed by atoms with Crippen molar-refractivity contribution in [1.29, 1.82) is 0 Å². The number of hydrogen-bond donors (Lipinski definition) is 1. The van der Waals surface area contributed by atoms with Crippen LogP contribution in [0.3, 0.4) is 0 Å². The van der Waals surface area contributed by atoms with Crippen molar-refractivity contribution in [2.75, 3.05) is 26.2 Å². The van der Waals surface area contributed by atoms with Crippen LogP contribution in [0.5, 0.6) is 0 Å². The Bertz CT molecular complexity index is 867. The number of hydrogen-bond acceptors (Lipinski definition) is 4. The molecule has 1 atom stereocenters. The van der Waals surface area contributed by atoms with Crippen molar-refractivity contribution in [3.8, 4) is 11.4 Å². The minimum atomic E-state index is -0.156. The van der Waals surface area contributed by atoms with Gasteiger partial charge in [0.15, 0.2) is 0 Å². The van der Waals surface area contributed by atoms with Crippen LogP contribution in [-0.4, -0.2) is 52.0 Å². The lowest BCUT2D eigenvalue weighted by Crippen LogP contribution is -2.49. The van der Waals surface area contributed by atoms with E-state index in [1.54, 1.807) is 6.07 Å². The van der Waals surface area contributed by atoms with E-state index < -0.39 is 0 Å². The van der Waals surface area contributed by atoms with Crippen molar-refractivity contribution in [3.05, 3.63) is 51.9 Å². The van der Waals surface area contributed by atoms with Crippen LogP contribution >= 0.6 is 0 Å². The molecule has 4 rings (SSSR count). The molecule has 1 N–H and O–H groups in total. The summed E-state index contributed by atoms with van der Waals surface area (Å²) in [4.78, 5) is 25.2. The van der Waals surface area contributed by atoms with Crippen LogP contribution in [0.4, 0.5) is 0 Å². The number of piperazine rings is 1. The Kier molecular flexibility index (Phi) is 4.91. The van der Waals surface area contributed by atoms with Gasteiger partial charge >= 0.3 is 0 Å². The molecule has 2 fully saturated rings. The van der Waals surface area contributed by atoms with Crippen molar-refractivity contribution < 1.29 is 0 Å². The third kappa shape index (κ3) is 3.99. The molecule has 0 spiro atoms. The molecule has 0 aliphatic carbocycles. The molecule has 144 valence electrons. The number of fused-ring (bicyclic) bond motifs is 1. The molecule has 0 unspecified atom stereocenters. The first-order valence-electron chi connectivity index (χ1n) is 10.1. The molecule has 5 heteroatoms. The second-order valence-electron chi connectivity index (χ2n) is 8.95. The average Bonchev–Trinajstić information content (AvgIpc) is 3.09. The molecule has 0 amide bonds. The topological polar surface area (TPSA) is 52.2 Å². The molecule has 5 nitrogen and oxygen atoms in total. The number of H-pyrrole nitrogens is 1. The fourth-order valence-corrected chi connectivity index (χ4v) is 4.30. The maximum Gasteiger partial charge on any atom is 0.251 e. The van der Waals surface area contributed by atoms with Crippen molar-refractivity contribution >= 4 is 0 Å². The zero-order valence-corrected chi connectivity index (χ0v) is 16.7. The van der Waals surface area contributed by atoms with Gasteiger partial charge in [0.2, 0.25) is 0 Å². The summed E-state index contributed by atoms with van der Waals surface area (Å²) < 4.78 is 0. The first-order chi connectivity index (χ1) is 12.9. The summed E-state index contributed by atoms with van der Waals surface area (Å²) in [5.74, 6) is 0.683. The Labute approximate surface area is 161 Å². The molecule has 2 saturated heterocycles. The van der Waals surface area contributed by atoms with Gasteiger partial charge in [0.25, 0.3) is 5.56 Å². The summed E-state index contributed by atoms with van der Waals surface area (Å²) in [5, 5.41) is 0. The van der Waals surface area contributed by atoms with E-state index in [0.717, 1.165) is 30.9 Å². The third-order valence-electron chi connectivity index (χ3n) is 5.85. The number of aromatic nitrogens is 2. The van der Waals surface area contributed by atoms with Crippen LogP contribution < -0.4 is 5.56 Å². The lowest BCUT2D eigenvalue weighted by atomic mass is 9.92. The van der Waals surface area contributed by atoms with Gasteiger partial charge in [-0.3, -0.25) is 14.6 Å². The Morgan fingerprint density at radius 2 is 2.00 bits per heavy atom. The Morgan fingerprint density at radius 3 is 2.81 bits per heavy atom. The van der Waals surface area contributed by atoms with Gasteiger partial charge in [0, 0.05) is 49.3 Å². The van der Waals surface area contributed by atoms with Gasteiger partial charge in [0.05, 0.1) is 5.69 Å². The van der Waals surface area contributed by atoms with Crippen LogP contribution in [-0.2, 0) is 12.0 Å². The van der Waals surface area contributed by atoms with Crippen molar-refractivity contribution in [3.63, 3.8) is 0 Å². The quantitative estimate of drug-likeness (QED) is 0.907. The Morgan fingerprint density at radius 1 is 1.19 bits per heavy atom. The lowest BCUT2D eigenvalue weighted by Gasteiger charge is -2.37. The zero-order chi connectivity index (χ0) is 19.0. The highest BCUT2D eigenvalue weighted by Gasteiger charge is 2.30. The molecule has 0 radical (unpaired) electrons. The molecule has 0 saturated carbocycles. The summed E-state index contributed by atoms with van der Waals surface area (Å²) in [5.41, 5.74) is 2.86. The van der Waals surface area contributed by atoms with Gasteiger partial charge < -0.3 is 4.98 Å². The van der Waals surface area contributed by atoms with Gasteiger partial charge in [-0.15, -0.1) is 0 Å². The number of nitrogens with zero attached hydrogens (tertiary/aromatic N) is 3. The van der Waals surface area contributed by atoms with E-state index in [9.17, 15) is 4.79 Å². The van der Waals surface area contributed by atoms with Gasteiger partial charge in [-0.25, -0.2) is 4.98 Å². The molecule has 2 aliphatic rings. The van der Waals surface area contributed by atoms with E-state index in [4.69, 9.17) is 4.98 Å². The highest BCUT2D eigenvalue weighted by atomic mass is 16.1. The second-order valence-corrected chi connectivity index (χ2v) is 8.95. The molecule has 27 heavy (non-hydrogen) atoms. The minimum Gasteiger partial charge on any atom is -0.307 e.